The summed E-state index contributed by atoms with van der Waals surface area (Å²) in [4.78, 5) is 56.6. The average Bonchev–Trinajstić information content (AvgIpc) is 3.70. The molecule has 0 bridgehead atoms. The number of anilines is 5. The maximum Gasteiger partial charge on any atom is 0.410 e. The fourth-order valence-electron chi connectivity index (χ4n) is 6.15. The zero-order valence-electron chi connectivity index (χ0n) is 30.4. The van der Waals surface area contributed by atoms with Crippen molar-refractivity contribution >= 4 is 69.3 Å². The Bertz CT molecular complexity index is 2320. The molecule has 1 atom stereocenters. The number of amides is 3. The van der Waals surface area contributed by atoms with Crippen LogP contribution < -0.4 is 21.7 Å². The number of rotatable bonds is 11. The summed E-state index contributed by atoms with van der Waals surface area (Å²) in [6.45, 7) is 4.74. The van der Waals surface area contributed by atoms with Gasteiger partial charge in [0.1, 0.15) is 24.8 Å². The van der Waals surface area contributed by atoms with Crippen LogP contribution in [0, 0.1) is 0 Å². The van der Waals surface area contributed by atoms with Crippen LogP contribution in [0.4, 0.5) is 33.4 Å². The Morgan fingerprint density at radius 3 is 2.38 bits per heavy atom. The van der Waals surface area contributed by atoms with E-state index < -0.39 is 12.1 Å². The number of carbonyl (C=O) groups is 3. The van der Waals surface area contributed by atoms with Gasteiger partial charge >= 0.3 is 6.09 Å². The quantitative estimate of drug-likeness (QED) is 0.0942. The van der Waals surface area contributed by atoms with Gasteiger partial charge in [0.25, 0.3) is 5.91 Å². The first-order chi connectivity index (χ1) is 26.7. The summed E-state index contributed by atoms with van der Waals surface area (Å²) in [5, 5.41) is 10.0. The number of carbonyl (C=O) groups excluding carboxylic acids is 3. The highest BCUT2D eigenvalue weighted by Crippen LogP contribution is 2.37. The molecular formula is C42H40N8O4S. The van der Waals surface area contributed by atoms with E-state index in [2.05, 4.69) is 39.8 Å². The van der Waals surface area contributed by atoms with Crippen molar-refractivity contribution in [1.82, 2.24) is 19.9 Å². The van der Waals surface area contributed by atoms with Crippen LogP contribution in [0.5, 0.6) is 0 Å². The van der Waals surface area contributed by atoms with Gasteiger partial charge in [-0.3, -0.25) is 14.5 Å². The smallest absolute Gasteiger partial charge is 0.410 e. The minimum Gasteiger partial charge on any atom is -0.445 e. The molecule has 55 heavy (non-hydrogen) atoms. The van der Waals surface area contributed by atoms with Crippen LogP contribution in [0.15, 0.2) is 125 Å². The zero-order valence-corrected chi connectivity index (χ0v) is 31.2. The molecule has 1 saturated heterocycles. The van der Waals surface area contributed by atoms with Gasteiger partial charge in [-0.2, -0.15) is 0 Å². The van der Waals surface area contributed by atoms with Gasteiger partial charge in [-0.25, -0.2) is 19.7 Å². The number of aromatic nitrogens is 3. The molecule has 4 aromatic carbocycles. The lowest BCUT2D eigenvalue weighted by Gasteiger charge is -2.23. The monoisotopic (exact) mass is 752 g/mol. The average molecular weight is 753 g/mol. The van der Waals surface area contributed by atoms with E-state index in [0.29, 0.717) is 59.2 Å². The topological polar surface area (TPSA) is 164 Å². The lowest BCUT2D eigenvalue weighted by molar-refractivity contribution is -0.120. The highest BCUT2D eigenvalue weighted by atomic mass is 32.2. The Morgan fingerprint density at radius 2 is 1.64 bits per heavy atom. The van der Waals surface area contributed by atoms with E-state index in [1.165, 1.54) is 23.0 Å². The second-order valence-electron chi connectivity index (χ2n) is 13.4. The molecule has 0 unspecified atom stereocenters. The second-order valence-corrected chi connectivity index (χ2v) is 14.5. The van der Waals surface area contributed by atoms with Crippen LogP contribution in [-0.2, 0) is 16.1 Å². The third kappa shape index (κ3) is 9.02. The molecule has 13 heteroatoms. The number of nitrogens with one attached hydrogen (secondary N) is 3. The molecule has 3 heterocycles. The van der Waals surface area contributed by atoms with E-state index >= 15 is 0 Å². The maximum atomic E-state index is 13.6. The van der Waals surface area contributed by atoms with Crippen LogP contribution in [0.3, 0.4) is 0 Å². The normalized spacial score (nSPS) is 13.8. The zero-order chi connectivity index (χ0) is 38.3. The van der Waals surface area contributed by atoms with Crippen molar-refractivity contribution in [2.24, 2.45) is 0 Å². The molecule has 0 aliphatic carbocycles. The van der Waals surface area contributed by atoms with Gasteiger partial charge in [-0.15, -0.1) is 0 Å². The minimum atomic E-state index is -0.638. The largest absolute Gasteiger partial charge is 0.445 e. The Hall–Kier alpha value is -6.47. The van der Waals surface area contributed by atoms with Crippen LogP contribution >= 0.6 is 11.8 Å². The van der Waals surface area contributed by atoms with Crippen LogP contribution in [0.25, 0.3) is 11.0 Å². The first-order valence-electron chi connectivity index (χ1n) is 18.0. The summed E-state index contributed by atoms with van der Waals surface area (Å²) in [6.07, 6.45) is 2.20. The van der Waals surface area contributed by atoms with Gasteiger partial charge < -0.3 is 26.4 Å². The van der Waals surface area contributed by atoms with Gasteiger partial charge in [0, 0.05) is 44.7 Å². The Labute approximate surface area is 322 Å². The molecule has 5 N–H and O–H groups in total. The SMILES string of the molecule is CC(C)c1ccc2c(Nc3cc(C(=O)Nc4ccc(NC(=O)[C@@H]5CCCN5C(=O)OCc5ccccc5)cc4)ccc3Sc3ccc(N)cc3)ncnc2n1. The molecule has 0 radical (unpaired) electrons. The number of nitrogens with zero attached hydrogens (tertiary/aromatic N) is 4. The van der Waals surface area contributed by atoms with Gasteiger partial charge in [0.15, 0.2) is 5.65 Å². The number of nitrogens with two attached hydrogens (primary N) is 1. The van der Waals surface area contributed by atoms with Gasteiger partial charge in [-0.1, -0.05) is 55.9 Å². The predicted octanol–water partition coefficient (Wildman–Crippen LogP) is 8.62. The van der Waals surface area contributed by atoms with Gasteiger partial charge in [0.2, 0.25) is 5.91 Å². The minimum absolute atomic E-state index is 0.137. The van der Waals surface area contributed by atoms with Crippen molar-refractivity contribution in [3.8, 4) is 0 Å². The number of benzene rings is 4. The number of pyridine rings is 1. The van der Waals surface area contributed by atoms with Crippen molar-refractivity contribution in [2.75, 3.05) is 28.2 Å². The molecule has 3 amide bonds. The molecular weight excluding hydrogens is 713 g/mol. The van der Waals surface area contributed by atoms with Crippen molar-refractivity contribution in [2.45, 2.75) is 55.0 Å². The van der Waals surface area contributed by atoms with E-state index in [1.54, 1.807) is 36.4 Å². The van der Waals surface area contributed by atoms with E-state index in [-0.39, 0.29) is 24.3 Å². The number of fused-ring (bicyclic) bond motifs is 1. The van der Waals surface area contributed by atoms with E-state index in [4.69, 9.17) is 15.5 Å². The molecule has 1 aliphatic rings. The third-order valence-corrected chi connectivity index (χ3v) is 10.2. The molecule has 0 spiro atoms. The molecule has 278 valence electrons. The number of hydrogen-bond donors (Lipinski definition) is 4. The summed E-state index contributed by atoms with van der Waals surface area (Å²) in [5.74, 6) is 0.187. The summed E-state index contributed by atoms with van der Waals surface area (Å²) < 4.78 is 5.48. The molecule has 7 rings (SSSR count). The number of hydrogen-bond acceptors (Lipinski definition) is 10. The molecule has 1 fully saturated rings. The number of nitrogen functional groups attached to an aromatic ring is 1. The summed E-state index contributed by atoms with van der Waals surface area (Å²) in [6, 6.07) is 32.6. The molecule has 2 aromatic heterocycles. The summed E-state index contributed by atoms with van der Waals surface area (Å²) in [5.41, 5.74) is 11.1. The third-order valence-electron chi connectivity index (χ3n) is 9.12. The fourth-order valence-corrected chi connectivity index (χ4v) is 7.03. The Balaban J connectivity index is 1.04. The Morgan fingerprint density at radius 1 is 0.891 bits per heavy atom. The van der Waals surface area contributed by atoms with Crippen molar-refractivity contribution in [1.29, 1.82) is 0 Å². The summed E-state index contributed by atoms with van der Waals surface area (Å²) >= 11 is 1.52. The first-order valence-corrected chi connectivity index (χ1v) is 18.8. The van der Waals surface area contributed by atoms with E-state index in [0.717, 1.165) is 26.4 Å². The number of likely N-dealkylation sites (tertiary alicyclic amines) is 1. The van der Waals surface area contributed by atoms with Crippen molar-refractivity contribution < 1.29 is 19.1 Å². The highest BCUT2D eigenvalue weighted by molar-refractivity contribution is 7.99. The van der Waals surface area contributed by atoms with Crippen LogP contribution in [-0.4, -0.2) is 50.3 Å². The maximum absolute atomic E-state index is 13.6. The molecule has 0 saturated carbocycles. The lowest BCUT2D eigenvalue weighted by Crippen LogP contribution is -2.43. The molecule has 6 aromatic rings. The van der Waals surface area contributed by atoms with E-state index in [9.17, 15) is 14.4 Å². The summed E-state index contributed by atoms with van der Waals surface area (Å²) in [7, 11) is 0. The van der Waals surface area contributed by atoms with Crippen molar-refractivity contribution in [3.63, 3.8) is 0 Å². The van der Waals surface area contributed by atoms with E-state index in [1.807, 2.05) is 72.8 Å². The molecule has 1 aliphatic heterocycles. The lowest BCUT2D eigenvalue weighted by atomic mass is 10.1. The van der Waals surface area contributed by atoms with Crippen LogP contribution in [0.2, 0.25) is 0 Å². The standard InChI is InChI=1S/C42H40N8O4S/c1-26(2)34-20-19-33-38(48-34)44-25-45-39(33)49-35-23-28(10-21-37(35)55-32-17-11-29(43)12-18-32)40(51)46-30-13-15-31(16-14-30)47-41(52)36-9-6-22-50(36)42(53)54-24-27-7-4-3-5-8-27/h3-5,7-8,10-21,23,25-26,36H,6,9,22,24,43H2,1-2H3,(H,46,51)(H,47,52)(H,44,45,48,49)/t36-/m0/s1. The van der Waals surface area contributed by atoms with Gasteiger partial charge in [-0.05, 0) is 103 Å². The molecule has 12 nitrogen and oxygen atoms in total. The van der Waals surface area contributed by atoms with Crippen molar-refractivity contribution in [3.05, 3.63) is 132 Å². The fraction of sp³-hybridized carbons (Fsp3) is 0.190. The predicted molar refractivity (Wildman–Crippen MR) is 216 cm³/mol. The number of ether oxygens (including phenoxy) is 1. The van der Waals surface area contributed by atoms with Gasteiger partial charge in [0.05, 0.1) is 11.1 Å². The highest BCUT2D eigenvalue weighted by Gasteiger charge is 2.35. The second kappa shape index (κ2) is 16.7. The van der Waals surface area contributed by atoms with Crippen LogP contribution in [0.1, 0.15) is 54.2 Å². The Kier molecular flexibility index (Phi) is 11.2. The first kappa shape index (κ1) is 36.9.